The molecular weight excluding hydrogens is 464 g/mol. The van der Waals surface area contributed by atoms with Crippen LogP contribution in [0.2, 0.25) is 0 Å². The number of ether oxygens (including phenoxy) is 2. The van der Waals surface area contributed by atoms with Gasteiger partial charge in [0.15, 0.2) is 0 Å². The van der Waals surface area contributed by atoms with Gasteiger partial charge in [-0.1, -0.05) is 35.1 Å². The van der Waals surface area contributed by atoms with Crippen LogP contribution >= 0.6 is 11.3 Å². The summed E-state index contributed by atoms with van der Waals surface area (Å²) >= 11 is 1.43. The van der Waals surface area contributed by atoms with Crippen LogP contribution in [0.15, 0.2) is 65.8 Å². The van der Waals surface area contributed by atoms with Crippen molar-refractivity contribution in [2.24, 2.45) is 5.10 Å². The molecule has 0 aliphatic heterocycles. The third-order valence-electron chi connectivity index (χ3n) is 5.41. The Morgan fingerprint density at radius 2 is 1.80 bits per heavy atom. The van der Waals surface area contributed by atoms with E-state index in [0.29, 0.717) is 16.6 Å². The monoisotopic (exact) mass is 488 g/mol. The van der Waals surface area contributed by atoms with Crippen LogP contribution < -0.4 is 14.9 Å². The Bertz CT molecular complexity index is 1400. The SMILES string of the molecule is COc1ccc(/C=N\Nc2nc(-c3ccc(C)cc3C)c(-c3ccc([N+](=O)[O-])cc3)s2)c(OC)c1. The van der Waals surface area contributed by atoms with Crippen molar-refractivity contribution in [1.82, 2.24) is 4.98 Å². The van der Waals surface area contributed by atoms with E-state index in [2.05, 4.69) is 16.6 Å². The number of aryl methyl sites for hydroxylation is 2. The molecule has 0 amide bonds. The van der Waals surface area contributed by atoms with Crippen molar-refractivity contribution in [2.75, 3.05) is 19.6 Å². The van der Waals surface area contributed by atoms with E-state index >= 15 is 0 Å². The number of hydrazone groups is 1. The molecule has 8 nitrogen and oxygen atoms in total. The molecular formula is C26H24N4O4S. The number of nitro benzene ring substituents is 1. The molecule has 9 heteroatoms. The third-order valence-corrected chi connectivity index (χ3v) is 6.42. The van der Waals surface area contributed by atoms with Crippen LogP contribution in [0.25, 0.3) is 21.7 Å². The van der Waals surface area contributed by atoms with Crippen LogP contribution in [-0.4, -0.2) is 30.3 Å². The van der Waals surface area contributed by atoms with Crippen molar-refractivity contribution in [3.63, 3.8) is 0 Å². The predicted octanol–water partition coefficient (Wildman–Crippen LogP) is 6.47. The van der Waals surface area contributed by atoms with Gasteiger partial charge in [-0.2, -0.15) is 5.10 Å². The average Bonchev–Trinajstić information content (AvgIpc) is 3.28. The highest BCUT2D eigenvalue weighted by Gasteiger charge is 2.18. The molecule has 35 heavy (non-hydrogen) atoms. The van der Waals surface area contributed by atoms with Crippen LogP contribution in [0, 0.1) is 24.0 Å². The fraction of sp³-hybridized carbons (Fsp3) is 0.154. The molecule has 0 radical (unpaired) electrons. The lowest BCUT2D eigenvalue weighted by Gasteiger charge is -2.07. The van der Waals surface area contributed by atoms with E-state index in [9.17, 15) is 10.1 Å². The number of methoxy groups -OCH3 is 2. The second kappa shape index (κ2) is 10.4. The summed E-state index contributed by atoms with van der Waals surface area (Å²) in [5.74, 6) is 1.33. The molecule has 0 fully saturated rings. The molecule has 0 spiro atoms. The standard InChI is InChI=1S/C26H24N4O4S/c1-16-5-12-22(17(2)13-16)24-25(18-6-9-20(10-7-18)30(31)32)35-26(28-24)29-27-15-19-8-11-21(33-3)14-23(19)34-4/h5-15H,1-4H3,(H,28,29)/b27-15-. The van der Waals surface area contributed by atoms with E-state index in [-0.39, 0.29) is 5.69 Å². The zero-order chi connectivity index (χ0) is 24.9. The van der Waals surface area contributed by atoms with Crippen LogP contribution in [0.1, 0.15) is 16.7 Å². The van der Waals surface area contributed by atoms with E-state index in [1.165, 1.54) is 23.5 Å². The summed E-state index contributed by atoms with van der Waals surface area (Å²) in [6.07, 6.45) is 1.65. The van der Waals surface area contributed by atoms with Crippen molar-refractivity contribution in [1.29, 1.82) is 0 Å². The Labute approximate surface area is 207 Å². The number of non-ortho nitro benzene ring substituents is 1. The molecule has 3 aromatic carbocycles. The molecule has 0 aliphatic rings. The second-order valence-electron chi connectivity index (χ2n) is 7.80. The zero-order valence-electron chi connectivity index (χ0n) is 19.7. The van der Waals surface area contributed by atoms with Gasteiger partial charge in [0, 0.05) is 29.3 Å². The smallest absolute Gasteiger partial charge is 0.269 e. The van der Waals surface area contributed by atoms with Crippen LogP contribution in [0.4, 0.5) is 10.8 Å². The maximum absolute atomic E-state index is 11.1. The highest BCUT2D eigenvalue weighted by atomic mass is 32.1. The van der Waals surface area contributed by atoms with Crippen LogP contribution in [-0.2, 0) is 0 Å². The van der Waals surface area contributed by atoms with Gasteiger partial charge in [-0.3, -0.25) is 15.5 Å². The van der Waals surface area contributed by atoms with Gasteiger partial charge in [0.25, 0.3) is 5.69 Å². The molecule has 0 aliphatic carbocycles. The van der Waals surface area contributed by atoms with Gasteiger partial charge >= 0.3 is 0 Å². The van der Waals surface area contributed by atoms with Crippen molar-refractivity contribution < 1.29 is 14.4 Å². The van der Waals surface area contributed by atoms with Crippen molar-refractivity contribution >= 4 is 28.4 Å². The Morgan fingerprint density at radius 3 is 2.46 bits per heavy atom. The number of hydrogen-bond donors (Lipinski definition) is 1. The van der Waals surface area contributed by atoms with Gasteiger partial charge in [0.2, 0.25) is 5.13 Å². The summed E-state index contributed by atoms with van der Waals surface area (Å²) in [5, 5.41) is 16.0. The average molecular weight is 489 g/mol. The minimum atomic E-state index is -0.406. The minimum Gasteiger partial charge on any atom is -0.497 e. The van der Waals surface area contributed by atoms with E-state index in [0.717, 1.165) is 38.4 Å². The third kappa shape index (κ3) is 5.30. The number of aromatic nitrogens is 1. The first-order valence-corrected chi connectivity index (χ1v) is 11.6. The van der Waals surface area contributed by atoms with Gasteiger partial charge in [-0.15, -0.1) is 0 Å². The van der Waals surface area contributed by atoms with Gasteiger partial charge < -0.3 is 9.47 Å². The van der Waals surface area contributed by atoms with E-state index < -0.39 is 4.92 Å². The lowest BCUT2D eigenvalue weighted by Crippen LogP contribution is -1.95. The molecule has 178 valence electrons. The highest BCUT2D eigenvalue weighted by molar-refractivity contribution is 7.19. The maximum Gasteiger partial charge on any atom is 0.269 e. The number of rotatable bonds is 8. The van der Waals surface area contributed by atoms with Crippen molar-refractivity contribution in [3.8, 4) is 33.2 Å². The van der Waals surface area contributed by atoms with Gasteiger partial charge in [0.05, 0.1) is 35.9 Å². The van der Waals surface area contributed by atoms with E-state index in [1.807, 2.05) is 38.1 Å². The van der Waals surface area contributed by atoms with Crippen LogP contribution in [0.5, 0.6) is 11.5 Å². The first-order chi connectivity index (χ1) is 16.9. The van der Waals surface area contributed by atoms with Gasteiger partial charge in [-0.05, 0) is 49.2 Å². The molecule has 4 aromatic rings. The molecule has 0 saturated carbocycles. The number of benzene rings is 3. The van der Waals surface area contributed by atoms with E-state index in [4.69, 9.17) is 14.5 Å². The number of anilines is 1. The Balaban J connectivity index is 1.69. The second-order valence-corrected chi connectivity index (χ2v) is 8.80. The Morgan fingerprint density at radius 1 is 1.03 bits per heavy atom. The quantitative estimate of drug-likeness (QED) is 0.173. The van der Waals surface area contributed by atoms with Crippen molar-refractivity contribution in [2.45, 2.75) is 13.8 Å². The first-order valence-electron chi connectivity index (χ1n) is 10.7. The lowest BCUT2D eigenvalue weighted by atomic mass is 10.0. The van der Waals surface area contributed by atoms with E-state index in [1.54, 1.807) is 38.6 Å². The summed E-state index contributed by atoms with van der Waals surface area (Å²) in [4.78, 5) is 16.4. The molecule has 4 rings (SSSR count). The number of nitro groups is 1. The summed E-state index contributed by atoms with van der Waals surface area (Å²) in [7, 11) is 3.19. The van der Waals surface area contributed by atoms with Gasteiger partial charge in [-0.25, -0.2) is 4.98 Å². The highest BCUT2D eigenvalue weighted by Crippen LogP contribution is 2.40. The summed E-state index contributed by atoms with van der Waals surface area (Å²) in [6.45, 7) is 4.09. The number of hydrogen-bond acceptors (Lipinski definition) is 8. The summed E-state index contributed by atoms with van der Waals surface area (Å²) < 4.78 is 10.7. The molecule has 1 heterocycles. The molecule has 0 unspecified atom stereocenters. The lowest BCUT2D eigenvalue weighted by molar-refractivity contribution is -0.384. The minimum absolute atomic E-state index is 0.0442. The normalized spacial score (nSPS) is 11.0. The topological polar surface area (TPSA) is 98.9 Å². The fourth-order valence-electron chi connectivity index (χ4n) is 3.64. The number of nitrogens with zero attached hydrogens (tertiary/aromatic N) is 3. The van der Waals surface area contributed by atoms with Crippen LogP contribution in [0.3, 0.4) is 0 Å². The van der Waals surface area contributed by atoms with Crippen molar-refractivity contribution in [3.05, 3.63) is 87.5 Å². The maximum atomic E-state index is 11.1. The Hall–Kier alpha value is -4.24. The Kier molecular flexibility index (Phi) is 7.07. The zero-order valence-corrected chi connectivity index (χ0v) is 20.6. The molecule has 0 bridgehead atoms. The molecule has 0 atom stereocenters. The summed E-state index contributed by atoms with van der Waals surface area (Å²) in [5.41, 5.74) is 8.73. The molecule has 1 N–H and O–H groups in total. The fourth-order valence-corrected chi connectivity index (χ4v) is 4.58. The predicted molar refractivity (Wildman–Crippen MR) is 140 cm³/mol. The summed E-state index contributed by atoms with van der Waals surface area (Å²) in [6, 6.07) is 18.2. The molecule has 1 aromatic heterocycles. The number of nitrogens with one attached hydrogen (secondary N) is 1. The largest absolute Gasteiger partial charge is 0.497 e. The number of thiazole rings is 1. The van der Waals surface area contributed by atoms with Gasteiger partial charge in [0.1, 0.15) is 11.5 Å². The first kappa shape index (κ1) is 23.9. The molecule has 0 saturated heterocycles.